The molecule has 3 N–H and O–H groups in total. The van der Waals surface area contributed by atoms with Crippen LogP contribution in [0.5, 0.6) is 0 Å². The second kappa shape index (κ2) is 5.55. The van der Waals surface area contributed by atoms with Crippen LogP contribution in [0.15, 0.2) is 18.5 Å². The summed E-state index contributed by atoms with van der Waals surface area (Å²) in [5.74, 6) is 1.75. The zero-order valence-electron chi connectivity index (χ0n) is 13.6. The fourth-order valence-corrected chi connectivity index (χ4v) is 3.36. The Hall–Kier alpha value is -2.94. The second-order valence-electron chi connectivity index (χ2n) is 6.17. The van der Waals surface area contributed by atoms with Crippen LogP contribution in [-0.4, -0.2) is 57.8 Å². The van der Waals surface area contributed by atoms with Gasteiger partial charge in [-0.3, -0.25) is 10.4 Å². The largest absolute Gasteiger partial charge is 0.378 e. The van der Waals surface area contributed by atoms with Gasteiger partial charge < -0.3 is 15.4 Å². The Bertz CT molecular complexity index is 844. The SMILES string of the molecule is Nc1ncc(-c2nc3c(c(N4CCOCC4)n2)NN2CCC=C32)cn1. The molecule has 0 bridgehead atoms. The summed E-state index contributed by atoms with van der Waals surface area (Å²) in [5, 5.41) is 2.13. The van der Waals surface area contributed by atoms with E-state index in [2.05, 4.69) is 31.4 Å². The lowest BCUT2D eigenvalue weighted by molar-refractivity contribution is 0.122. The molecular weight excluding hydrogens is 320 g/mol. The van der Waals surface area contributed by atoms with E-state index in [1.165, 1.54) is 0 Å². The van der Waals surface area contributed by atoms with E-state index in [9.17, 15) is 0 Å². The van der Waals surface area contributed by atoms with E-state index in [1.807, 2.05) is 0 Å². The average molecular weight is 338 g/mol. The van der Waals surface area contributed by atoms with E-state index in [0.717, 1.165) is 54.5 Å². The molecule has 0 aromatic carbocycles. The summed E-state index contributed by atoms with van der Waals surface area (Å²) in [4.78, 5) is 20.0. The molecular formula is C16H18N8O. The number of rotatable bonds is 2. The summed E-state index contributed by atoms with van der Waals surface area (Å²) in [6, 6.07) is 0. The smallest absolute Gasteiger partial charge is 0.219 e. The molecule has 25 heavy (non-hydrogen) atoms. The summed E-state index contributed by atoms with van der Waals surface area (Å²) in [6.07, 6.45) is 6.55. The number of hydrogen-bond donors (Lipinski definition) is 2. The number of morpholine rings is 1. The van der Waals surface area contributed by atoms with Gasteiger partial charge in [-0.15, -0.1) is 0 Å². The van der Waals surface area contributed by atoms with Gasteiger partial charge in [-0.2, -0.15) is 0 Å². The van der Waals surface area contributed by atoms with Crippen molar-refractivity contribution in [3.8, 4) is 11.4 Å². The Balaban J connectivity index is 1.65. The second-order valence-corrected chi connectivity index (χ2v) is 6.17. The number of hydrogen-bond acceptors (Lipinski definition) is 9. The zero-order valence-corrected chi connectivity index (χ0v) is 13.6. The van der Waals surface area contributed by atoms with E-state index in [1.54, 1.807) is 12.4 Å². The molecule has 3 aliphatic rings. The third-order valence-corrected chi connectivity index (χ3v) is 4.60. The van der Waals surface area contributed by atoms with Crippen molar-refractivity contribution < 1.29 is 4.74 Å². The van der Waals surface area contributed by atoms with E-state index in [0.29, 0.717) is 19.0 Å². The first-order chi connectivity index (χ1) is 12.3. The summed E-state index contributed by atoms with van der Waals surface area (Å²) < 4.78 is 5.48. The first kappa shape index (κ1) is 14.4. The molecule has 0 saturated carbocycles. The first-order valence-corrected chi connectivity index (χ1v) is 8.37. The molecule has 2 aromatic heterocycles. The lowest BCUT2D eigenvalue weighted by Crippen LogP contribution is -2.37. The van der Waals surface area contributed by atoms with Gasteiger partial charge in [0.05, 0.1) is 24.5 Å². The molecule has 9 heteroatoms. The standard InChI is InChI=1S/C16H18N8O/c17-16-18-8-10(9-19-16)14-20-12-11-2-1-3-24(11)22-13(12)15(21-14)23-4-6-25-7-5-23/h2,8-9,22H,1,3-7H2,(H2,17,18,19). The molecule has 0 unspecified atom stereocenters. The average Bonchev–Trinajstić information content (AvgIpc) is 3.24. The molecule has 0 radical (unpaired) electrons. The number of ether oxygens (including phenoxy) is 1. The van der Waals surface area contributed by atoms with Crippen molar-refractivity contribution in [1.82, 2.24) is 24.9 Å². The summed E-state index contributed by atoms with van der Waals surface area (Å²) in [7, 11) is 0. The molecule has 9 nitrogen and oxygen atoms in total. The molecule has 5 rings (SSSR count). The van der Waals surface area contributed by atoms with E-state index in [-0.39, 0.29) is 5.95 Å². The predicted octanol–water partition coefficient (Wildman–Crippen LogP) is 0.739. The summed E-state index contributed by atoms with van der Waals surface area (Å²) >= 11 is 0. The highest BCUT2D eigenvalue weighted by Gasteiger charge is 2.33. The van der Waals surface area contributed by atoms with Crippen molar-refractivity contribution in [2.45, 2.75) is 6.42 Å². The van der Waals surface area contributed by atoms with Crippen molar-refractivity contribution in [2.75, 3.05) is 48.9 Å². The van der Waals surface area contributed by atoms with Gasteiger partial charge in [0.1, 0.15) is 11.4 Å². The van der Waals surface area contributed by atoms with Crippen LogP contribution in [0.25, 0.3) is 17.1 Å². The quantitative estimate of drug-likeness (QED) is 0.820. The van der Waals surface area contributed by atoms with E-state index < -0.39 is 0 Å². The van der Waals surface area contributed by atoms with Crippen LogP contribution >= 0.6 is 0 Å². The van der Waals surface area contributed by atoms with Crippen LogP contribution in [0.2, 0.25) is 0 Å². The predicted molar refractivity (Wildman–Crippen MR) is 93.4 cm³/mol. The molecule has 0 amide bonds. The van der Waals surface area contributed by atoms with Crippen molar-refractivity contribution in [1.29, 1.82) is 0 Å². The Morgan fingerprint density at radius 3 is 2.68 bits per heavy atom. The van der Waals surface area contributed by atoms with Gasteiger partial charge in [-0.05, 0) is 6.42 Å². The van der Waals surface area contributed by atoms with Gasteiger partial charge >= 0.3 is 0 Å². The highest BCUT2D eigenvalue weighted by atomic mass is 16.5. The van der Waals surface area contributed by atoms with Gasteiger partial charge in [0, 0.05) is 32.0 Å². The minimum Gasteiger partial charge on any atom is -0.378 e. The lowest BCUT2D eigenvalue weighted by atomic mass is 10.2. The molecule has 128 valence electrons. The summed E-state index contributed by atoms with van der Waals surface area (Å²) in [5.41, 5.74) is 12.8. The molecule has 3 aliphatic heterocycles. The fraction of sp³-hybridized carbons (Fsp3) is 0.375. The molecule has 2 aromatic rings. The monoisotopic (exact) mass is 338 g/mol. The van der Waals surface area contributed by atoms with Gasteiger partial charge in [-0.1, -0.05) is 6.08 Å². The number of nitrogens with one attached hydrogen (secondary N) is 1. The topological polar surface area (TPSA) is 105 Å². The number of anilines is 3. The fourth-order valence-electron chi connectivity index (χ4n) is 3.36. The Kier molecular flexibility index (Phi) is 3.20. The minimum atomic E-state index is 0.240. The number of fused-ring (bicyclic) bond motifs is 3. The van der Waals surface area contributed by atoms with Gasteiger partial charge in [-0.25, -0.2) is 19.9 Å². The lowest BCUT2D eigenvalue weighted by Gasteiger charge is -2.29. The summed E-state index contributed by atoms with van der Waals surface area (Å²) in [6.45, 7) is 3.95. The third kappa shape index (κ3) is 2.35. The van der Waals surface area contributed by atoms with Gasteiger partial charge in [0.2, 0.25) is 5.95 Å². The molecule has 0 aliphatic carbocycles. The van der Waals surface area contributed by atoms with Crippen molar-refractivity contribution >= 4 is 23.2 Å². The maximum atomic E-state index is 5.60. The van der Waals surface area contributed by atoms with Gasteiger partial charge in [0.25, 0.3) is 0 Å². The van der Waals surface area contributed by atoms with Crippen LogP contribution in [-0.2, 0) is 4.74 Å². The Morgan fingerprint density at radius 2 is 1.88 bits per heavy atom. The number of nitrogen functional groups attached to an aromatic ring is 1. The maximum absolute atomic E-state index is 5.60. The third-order valence-electron chi connectivity index (χ3n) is 4.60. The molecule has 0 spiro atoms. The van der Waals surface area contributed by atoms with Crippen LogP contribution in [0, 0.1) is 0 Å². The van der Waals surface area contributed by atoms with Crippen LogP contribution < -0.4 is 16.1 Å². The van der Waals surface area contributed by atoms with Gasteiger partial charge in [0.15, 0.2) is 11.6 Å². The van der Waals surface area contributed by atoms with E-state index >= 15 is 0 Å². The normalized spacial score (nSPS) is 18.6. The Labute approximate surface area is 144 Å². The van der Waals surface area contributed by atoms with Crippen LogP contribution in [0.4, 0.5) is 17.5 Å². The van der Waals surface area contributed by atoms with E-state index in [4.69, 9.17) is 20.4 Å². The molecule has 1 saturated heterocycles. The molecule has 5 heterocycles. The number of nitrogens with two attached hydrogens (primary N) is 1. The highest BCUT2D eigenvalue weighted by molar-refractivity contribution is 5.87. The Morgan fingerprint density at radius 1 is 1.08 bits per heavy atom. The number of aromatic nitrogens is 4. The number of hydrazine groups is 1. The maximum Gasteiger partial charge on any atom is 0.219 e. The van der Waals surface area contributed by atoms with Crippen molar-refractivity contribution in [3.05, 3.63) is 24.2 Å². The highest BCUT2D eigenvalue weighted by Crippen LogP contribution is 2.42. The van der Waals surface area contributed by atoms with Crippen LogP contribution in [0.1, 0.15) is 12.1 Å². The minimum absolute atomic E-state index is 0.240. The van der Waals surface area contributed by atoms with Crippen molar-refractivity contribution in [2.24, 2.45) is 0 Å². The van der Waals surface area contributed by atoms with Crippen molar-refractivity contribution in [3.63, 3.8) is 0 Å². The number of nitrogens with zero attached hydrogens (tertiary/aromatic N) is 6. The molecule has 0 atom stereocenters. The van der Waals surface area contributed by atoms with Crippen LogP contribution in [0.3, 0.4) is 0 Å². The zero-order chi connectivity index (χ0) is 16.8. The first-order valence-electron chi connectivity index (χ1n) is 8.37. The molecule has 1 fully saturated rings.